The van der Waals surface area contributed by atoms with E-state index < -0.39 is 11.9 Å². The van der Waals surface area contributed by atoms with Crippen molar-refractivity contribution in [2.75, 3.05) is 46.2 Å². The molecule has 0 aromatic carbocycles. The average Bonchev–Trinajstić information content (AvgIpc) is 2.47. The number of carbonyl (C=O) groups excluding carboxylic acids is 2. The van der Waals surface area contributed by atoms with E-state index in [9.17, 15) is 9.59 Å². The summed E-state index contributed by atoms with van der Waals surface area (Å²) in [5, 5.41) is 0. The van der Waals surface area contributed by atoms with Crippen LogP contribution < -0.4 is 0 Å². The fraction of sp³-hybridized carbons (Fsp3) is 0.867. The number of hydrogen-bond acceptors (Lipinski definition) is 6. The molecule has 6 nitrogen and oxygen atoms in total. The van der Waals surface area contributed by atoms with E-state index in [1.807, 2.05) is 0 Å². The molecule has 1 unspecified atom stereocenters. The van der Waals surface area contributed by atoms with Crippen molar-refractivity contribution in [3.63, 3.8) is 0 Å². The number of unbranched alkanes of at least 4 members (excludes halogenated alkanes) is 1. The third-order valence-electron chi connectivity index (χ3n) is 2.82. The van der Waals surface area contributed by atoms with Gasteiger partial charge in [0.25, 0.3) is 0 Å². The maximum absolute atomic E-state index is 11.3. The Bertz CT molecular complexity index is 279. The van der Waals surface area contributed by atoms with Crippen LogP contribution in [0.1, 0.15) is 33.6 Å². The molecule has 0 aromatic heterocycles. The number of Topliss-reactive ketones (excluding diaryl/α,β-unsaturated/α-hetero) is 1. The van der Waals surface area contributed by atoms with Crippen molar-refractivity contribution >= 4 is 11.8 Å². The normalized spacial score (nSPS) is 12.1. The number of esters is 1. The number of ether oxygens (including phenoxy) is 4. The highest BCUT2D eigenvalue weighted by Crippen LogP contribution is 1.99. The van der Waals surface area contributed by atoms with Gasteiger partial charge in [-0.05, 0) is 20.3 Å². The summed E-state index contributed by atoms with van der Waals surface area (Å²) in [6.07, 6.45) is 2.20. The molecule has 6 heteroatoms. The molecular formula is C15H28O6. The van der Waals surface area contributed by atoms with Crippen molar-refractivity contribution in [2.45, 2.75) is 33.6 Å². The van der Waals surface area contributed by atoms with E-state index in [1.54, 1.807) is 0 Å². The van der Waals surface area contributed by atoms with Gasteiger partial charge in [-0.15, -0.1) is 0 Å². The molecule has 0 rings (SSSR count). The highest BCUT2D eigenvalue weighted by atomic mass is 16.6. The average molecular weight is 304 g/mol. The van der Waals surface area contributed by atoms with Crippen molar-refractivity contribution in [2.24, 2.45) is 5.92 Å². The van der Waals surface area contributed by atoms with Crippen molar-refractivity contribution in [3.8, 4) is 0 Å². The maximum atomic E-state index is 11.3. The fourth-order valence-corrected chi connectivity index (χ4v) is 1.28. The Kier molecular flexibility index (Phi) is 13.3. The van der Waals surface area contributed by atoms with Crippen LogP contribution in [0.25, 0.3) is 0 Å². The molecule has 0 bridgehead atoms. The molecule has 0 aliphatic carbocycles. The van der Waals surface area contributed by atoms with Crippen LogP contribution in [-0.2, 0) is 28.5 Å². The smallest absolute Gasteiger partial charge is 0.316 e. The predicted octanol–water partition coefficient (Wildman–Crippen LogP) is 1.60. The Morgan fingerprint density at radius 1 is 0.857 bits per heavy atom. The molecule has 0 heterocycles. The van der Waals surface area contributed by atoms with Crippen LogP contribution in [0.4, 0.5) is 0 Å². The van der Waals surface area contributed by atoms with Crippen molar-refractivity contribution < 1.29 is 28.5 Å². The van der Waals surface area contributed by atoms with E-state index in [0.29, 0.717) is 33.0 Å². The Labute approximate surface area is 127 Å². The molecule has 21 heavy (non-hydrogen) atoms. The van der Waals surface area contributed by atoms with Gasteiger partial charge >= 0.3 is 5.97 Å². The van der Waals surface area contributed by atoms with E-state index in [1.165, 1.54) is 13.8 Å². The summed E-state index contributed by atoms with van der Waals surface area (Å²) in [6, 6.07) is 0. The number of hydrogen-bond donors (Lipinski definition) is 0. The Morgan fingerprint density at radius 2 is 1.33 bits per heavy atom. The van der Waals surface area contributed by atoms with Crippen LogP contribution in [0.2, 0.25) is 0 Å². The van der Waals surface area contributed by atoms with Gasteiger partial charge in [-0.3, -0.25) is 9.59 Å². The molecule has 0 radical (unpaired) electrons. The molecule has 0 aliphatic heterocycles. The molecule has 0 fully saturated rings. The molecule has 0 N–H and O–H groups in total. The monoisotopic (exact) mass is 304 g/mol. The first-order valence-corrected chi connectivity index (χ1v) is 7.49. The molecule has 0 spiro atoms. The van der Waals surface area contributed by atoms with Crippen LogP contribution in [0.3, 0.4) is 0 Å². The van der Waals surface area contributed by atoms with Crippen LogP contribution in [0.5, 0.6) is 0 Å². The van der Waals surface area contributed by atoms with Gasteiger partial charge in [0, 0.05) is 6.61 Å². The first kappa shape index (κ1) is 20.0. The summed E-state index contributed by atoms with van der Waals surface area (Å²) in [6.45, 7) is 8.31. The highest BCUT2D eigenvalue weighted by Gasteiger charge is 2.18. The molecule has 0 aliphatic rings. The fourth-order valence-electron chi connectivity index (χ4n) is 1.28. The lowest BCUT2D eigenvalue weighted by Crippen LogP contribution is -2.23. The van der Waals surface area contributed by atoms with Gasteiger partial charge in [0.2, 0.25) is 0 Å². The third kappa shape index (κ3) is 12.5. The minimum atomic E-state index is -0.707. The summed E-state index contributed by atoms with van der Waals surface area (Å²) in [4.78, 5) is 22.3. The zero-order valence-electron chi connectivity index (χ0n) is 13.4. The summed E-state index contributed by atoms with van der Waals surface area (Å²) in [7, 11) is 0. The van der Waals surface area contributed by atoms with Gasteiger partial charge in [-0.2, -0.15) is 0 Å². The molecule has 0 amide bonds. The zero-order chi connectivity index (χ0) is 15.9. The standard InChI is InChI=1S/C15H28O6/c1-4-5-6-18-7-8-19-9-10-20-11-12-21-15(17)13(2)14(3)16/h13H,4-12H2,1-3H3. The molecule has 124 valence electrons. The lowest BCUT2D eigenvalue weighted by molar-refractivity contribution is -0.152. The minimum absolute atomic E-state index is 0.149. The second-order valence-corrected chi connectivity index (χ2v) is 4.69. The number of carbonyl (C=O) groups is 2. The SMILES string of the molecule is CCCCOCCOCCOCCOC(=O)C(C)C(C)=O. The first-order chi connectivity index (χ1) is 10.1. The zero-order valence-corrected chi connectivity index (χ0v) is 13.4. The predicted molar refractivity (Wildman–Crippen MR) is 78.2 cm³/mol. The number of ketones is 1. The Hall–Kier alpha value is -0.980. The third-order valence-corrected chi connectivity index (χ3v) is 2.82. The van der Waals surface area contributed by atoms with Gasteiger partial charge in [-0.1, -0.05) is 13.3 Å². The van der Waals surface area contributed by atoms with E-state index in [2.05, 4.69) is 6.92 Å². The number of rotatable bonds is 14. The summed E-state index contributed by atoms with van der Waals surface area (Å²) in [5.41, 5.74) is 0. The molecule has 1 atom stereocenters. The van der Waals surface area contributed by atoms with Crippen LogP contribution in [-0.4, -0.2) is 58.0 Å². The molecule has 0 saturated carbocycles. The largest absolute Gasteiger partial charge is 0.463 e. The maximum Gasteiger partial charge on any atom is 0.316 e. The highest BCUT2D eigenvalue weighted by molar-refractivity contribution is 5.97. The van der Waals surface area contributed by atoms with E-state index >= 15 is 0 Å². The van der Waals surface area contributed by atoms with Crippen molar-refractivity contribution in [1.29, 1.82) is 0 Å². The topological polar surface area (TPSA) is 71.1 Å². The minimum Gasteiger partial charge on any atom is -0.463 e. The second kappa shape index (κ2) is 14.0. The van der Waals surface area contributed by atoms with Gasteiger partial charge in [0.15, 0.2) is 0 Å². The van der Waals surface area contributed by atoms with Gasteiger partial charge in [0.05, 0.1) is 33.0 Å². The van der Waals surface area contributed by atoms with E-state index in [-0.39, 0.29) is 12.4 Å². The van der Waals surface area contributed by atoms with E-state index in [0.717, 1.165) is 19.4 Å². The summed E-state index contributed by atoms with van der Waals surface area (Å²) >= 11 is 0. The van der Waals surface area contributed by atoms with Crippen molar-refractivity contribution in [3.05, 3.63) is 0 Å². The first-order valence-electron chi connectivity index (χ1n) is 7.49. The second-order valence-electron chi connectivity index (χ2n) is 4.69. The van der Waals surface area contributed by atoms with Gasteiger partial charge < -0.3 is 18.9 Å². The van der Waals surface area contributed by atoms with Gasteiger partial charge in [-0.25, -0.2) is 0 Å². The van der Waals surface area contributed by atoms with Crippen LogP contribution in [0, 0.1) is 5.92 Å². The summed E-state index contributed by atoms with van der Waals surface area (Å²) < 4.78 is 20.8. The van der Waals surface area contributed by atoms with E-state index in [4.69, 9.17) is 18.9 Å². The van der Waals surface area contributed by atoms with Crippen LogP contribution in [0.15, 0.2) is 0 Å². The summed E-state index contributed by atoms with van der Waals surface area (Å²) in [5.74, 6) is -1.41. The lowest BCUT2D eigenvalue weighted by Gasteiger charge is -2.09. The lowest BCUT2D eigenvalue weighted by atomic mass is 10.1. The Morgan fingerprint density at radius 3 is 1.81 bits per heavy atom. The van der Waals surface area contributed by atoms with Gasteiger partial charge in [0.1, 0.15) is 18.3 Å². The van der Waals surface area contributed by atoms with Crippen molar-refractivity contribution in [1.82, 2.24) is 0 Å². The Balaban J connectivity index is 3.22. The van der Waals surface area contributed by atoms with Crippen LogP contribution >= 0.6 is 0 Å². The molecule has 0 aromatic rings. The quantitative estimate of drug-likeness (QED) is 0.276. The molecular weight excluding hydrogens is 276 g/mol. The molecule has 0 saturated heterocycles.